The molecule has 0 saturated heterocycles. The number of rotatable bonds is 7. The molecule has 14 aromatic carbocycles. The Morgan fingerprint density at radius 2 is 0.695 bits per heavy atom. The molecule has 10 heteroatoms. The minimum atomic E-state index is -0.398. The molecular weight excluding hydrogens is 1600 g/mol. The zero-order valence-corrected chi connectivity index (χ0v) is 74.9. The van der Waals surface area contributed by atoms with Gasteiger partial charge in [-0.1, -0.05) is 281 Å². The van der Waals surface area contributed by atoms with Gasteiger partial charge in [0.05, 0.1) is 86.8 Å². The van der Waals surface area contributed by atoms with Crippen molar-refractivity contribution in [1.82, 2.24) is 38.6 Å². The number of hydrogen-bond acceptors (Lipinski definition) is 6. The molecule has 5 aliphatic rings. The second kappa shape index (κ2) is 29.3. The molecule has 131 heavy (non-hydrogen) atoms. The number of para-hydroxylation sites is 1. The van der Waals surface area contributed by atoms with Gasteiger partial charge in [0.2, 0.25) is 0 Å². The summed E-state index contributed by atoms with van der Waals surface area (Å²) in [5.74, 6) is 0.727. The van der Waals surface area contributed by atoms with Gasteiger partial charge in [-0.15, -0.1) is 0 Å². The minimum Gasteiger partial charge on any atom is -0.497 e. The zero-order valence-electron chi connectivity index (χ0n) is 79.9. The van der Waals surface area contributed by atoms with E-state index < -0.39 is 6.04 Å². The van der Waals surface area contributed by atoms with Crippen LogP contribution in [0.25, 0.3) is 183 Å². The first-order valence-corrected chi connectivity index (χ1v) is 45.2. The Morgan fingerprint density at radius 1 is 0.298 bits per heavy atom. The number of fused-ring (bicyclic) bond motifs is 31. The van der Waals surface area contributed by atoms with Crippen LogP contribution in [0.2, 0.25) is 0 Å². The average molecular weight is 1700 g/mol. The smallest absolute Gasteiger partial charge is 0.119 e. The van der Waals surface area contributed by atoms with E-state index in [2.05, 4.69) is 331 Å². The molecule has 2 N–H and O–H groups in total. The molecule has 0 bridgehead atoms. The summed E-state index contributed by atoms with van der Waals surface area (Å²) in [7, 11) is 1.65. The fourth-order valence-electron chi connectivity index (χ4n) is 23.3. The topological polar surface area (TPSA) is 112 Å². The summed E-state index contributed by atoms with van der Waals surface area (Å²) < 4.78 is 54.1. The maximum Gasteiger partial charge on any atom is 0.119 e. The van der Waals surface area contributed by atoms with Crippen molar-refractivity contribution in [2.24, 2.45) is 0 Å². The third-order valence-corrected chi connectivity index (χ3v) is 29.2. The minimum absolute atomic E-state index is 0.0366. The van der Waals surface area contributed by atoms with Gasteiger partial charge in [0.25, 0.3) is 0 Å². The van der Waals surface area contributed by atoms with Gasteiger partial charge < -0.3 is 28.5 Å². The number of benzene rings is 14. The Kier molecular flexibility index (Phi) is 16.5. The van der Waals surface area contributed by atoms with E-state index in [0.717, 1.165) is 105 Å². The van der Waals surface area contributed by atoms with E-state index in [4.69, 9.17) is 26.5 Å². The quantitative estimate of drug-likeness (QED) is 0.164. The van der Waals surface area contributed by atoms with Crippen molar-refractivity contribution in [1.29, 1.82) is 0 Å². The first-order valence-electron chi connectivity index (χ1n) is 47.7. The standard InChI is InChI=1S/C35H28N2.C32H24N2.C28H24N2O2.C26H20N2/c1-34(2)27-12-7-5-10-22(27)24-16-15-21(20-29(24)34)37-30-14-9-19-36-32(30)26-18-17-25-23-11-6-8-13-28(23)35(3,4)31(25)33(26)37;1-32(2)27-15-7-6-14-24(27)25-17-18-26-30-28(16-9-19-33-30)34(31(26)29(25)32)23-13-8-12-22(20-23)21-10-4-3-5-11-21;1-28(2)23-7-5-4-6-20(23)21-8-9-22-25(24(21)28)30-27-19(10-11-29-26(22)27)17-12-16(15-31)13-18(14-17)32-3;1-26(2)21-12-7-6-11-18(21)19-14-15-20-24-22(13-8-16-27-24)28(25(20)23(19)26)17-9-4-3-5-10-17/h5-20H,1-4H3;3-20H,1-2H3;4-14,30-31H,15H2,1-3H3;3-16H,1-2H3/i;;;3D,4D,5D,9D,10D. The zero-order chi connectivity index (χ0) is 93.2. The summed E-state index contributed by atoms with van der Waals surface area (Å²) in [4.78, 5) is 22.9. The highest BCUT2D eigenvalue weighted by atomic mass is 16.5. The number of aliphatic hydroxyl groups is 1. The van der Waals surface area contributed by atoms with Gasteiger partial charge in [-0.05, 0) is 255 Å². The molecule has 632 valence electrons. The fraction of sp³-hybridized carbons (Fsp3) is 0.140. The molecule has 0 aliphatic heterocycles. The monoisotopic (exact) mass is 1700 g/mol. The highest BCUT2D eigenvalue weighted by Gasteiger charge is 2.44. The molecule has 0 amide bonds. The van der Waals surface area contributed by atoms with Crippen LogP contribution in [-0.4, -0.2) is 50.8 Å². The van der Waals surface area contributed by atoms with Gasteiger partial charge in [-0.25, -0.2) is 0 Å². The van der Waals surface area contributed by atoms with E-state index in [1.807, 2.05) is 83.8 Å². The maximum atomic E-state index is 9.73. The highest BCUT2D eigenvalue weighted by Crippen LogP contribution is 2.59. The van der Waals surface area contributed by atoms with Crippen LogP contribution in [0.15, 0.2) is 358 Å². The summed E-state index contributed by atoms with van der Waals surface area (Å²) in [6.07, 6.45) is 7.40. The van der Waals surface area contributed by atoms with Gasteiger partial charge in [0.15, 0.2) is 0 Å². The van der Waals surface area contributed by atoms with Crippen LogP contribution >= 0.6 is 0 Å². The first kappa shape index (κ1) is 73.7. The lowest BCUT2D eigenvalue weighted by molar-refractivity contribution is 0.281. The van der Waals surface area contributed by atoms with E-state index in [1.165, 1.54) is 133 Å². The predicted octanol–water partition coefficient (Wildman–Crippen LogP) is 29.6. The van der Waals surface area contributed by atoms with E-state index in [1.54, 1.807) is 13.3 Å². The number of nitrogens with one attached hydrogen (secondary N) is 1. The number of nitrogens with zero attached hydrogens (tertiary/aromatic N) is 7. The van der Waals surface area contributed by atoms with Crippen molar-refractivity contribution >= 4 is 87.7 Å². The molecule has 0 radical (unpaired) electrons. The molecule has 0 spiro atoms. The Morgan fingerprint density at radius 3 is 1.18 bits per heavy atom. The molecule has 8 heterocycles. The fourth-order valence-corrected chi connectivity index (χ4v) is 23.3. The molecule has 27 rings (SSSR count). The van der Waals surface area contributed by atoms with E-state index in [0.29, 0.717) is 5.52 Å². The predicted molar refractivity (Wildman–Crippen MR) is 540 cm³/mol. The summed E-state index contributed by atoms with van der Waals surface area (Å²) in [5, 5.41) is 14.2. The first-order chi connectivity index (χ1) is 65.8. The van der Waals surface area contributed by atoms with Gasteiger partial charge in [-0.2, -0.15) is 0 Å². The second-order valence-corrected chi connectivity index (χ2v) is 38.1. The number of aliphatic hydroxyl groups excluding tert-OH is 1. The number of methoxy groups -OCH3 is 1. The maximum absolute atomic E-state index is 9.73. The van der Waals surface area contributed by atoms with Gasteiger partial charge in [0.1, 0.15) is 5.75 Å². The lowest BCUT2D eigenvalue weighted by atomic mass is 9.81. The van der Waals surface area contributed by atoms with Crippen molar-refractivity contribution in [3.05, 3.63) is 420 Å². The SMILES string of the molecule is CC1(C)c2ccccc2-c2ccc(-n3c4cccnc4c4ccc5c(c43)C(C)(C)c3ccccc3-5)cc21.CC1(C)c2ccccc2-c2ccc3c4ncccc4n(-c4cccc(-c5ccccc5)c4)c3c21.COc1cc(CO)cc(-c2ccnc3c2[nH]c2c4c(ccc23)-c2ccccc2C4(C)C)c1.[2H]c1c([2H])c([2H])c(-n2c3cccnc3c3ccc4c(c32)C(C)(C)c2ccccc2-4)c([2H])c1[2H]. The normalized spacial score (nSPS) is 15.1. The lowest BCUT2D eigenvalue weighted by Gasteiger charge is -2.24. The number of hydrogen-bond donors (Lipinski definition) is 2. The Bertz CT molecular complexity index is 8840. The molecule has 0 fully saturated rings. The molecule has 0 saturated carbocycles. The molecular formula is C121H96N8O2. The molecule has 8 aromatic heterocycles. The van der Waals surface area contributed by atoms with Crippen LogP contribution < -0.4 is 4.74 Å². The lowest BCUT2D eigenvalue weighted by Crippen LogP contribution is -2.17. The van der Waals surface area contributed by atoms with E-state index >= 15 is 0 Å². The number of aromatic amines is 1. The van der Waals surface area contributed by atoms with Gasteiger partial charge >= 0.3 is 0 Å². The van der Waals surface area contributed by atoms with Gasteiger partial charge in [-0.3, -0.25) is 19.9 Å². The van der Waals surface area contributed by atoms with Crippen molar-refractivity contribution < 1.29 is 16.7 Å². The van der Waals surface area contributed by atoms with Crippen LogP contribution in [0.4, 0.5) is 0 Å². The molecule has 5 aliphatic carbocycles. The highest BCUT2D eigenvalue weighted by molar-refractivity contribution is 6.16. The largest absolute Gasteiger partial charge is 0.497 e. The second-order valence-electron chi connectivity index (χ2n) is 38.1. The molecule has 0 unspecified atom stereocenters. The Labute approximate surface area is 768 Å². The summed E-state index contributed by atoms with van der Waals surface area (Å²) in [6, 6.07) is 106. The number of ether oxygens (including phenoxy) is 1. The number of aromatic nitrogens is 8. The summed E-state index contributed by atoms with van der Waals surface area (Å²) in [6.45, 7) is 23.1. The third-order valence-electron chi connectivity index (χ3n) is 29.2. The molecule has 22 aromatic rings. The Balaban J connectivity index is 0.0000000993. The van der Waals surface area contributed by atoms with Crippen LogP contribution in [0, 0.1) is 0 Å². The van der Waals surface area contributed by atoms with Crippen molar-refractivity contribution in [3.63, 3.8) is 0 Å². The van der Waals surface area contributed by atoms with Crippen LogP contribution in [0.5, 0.6) is 5.75 Å². The Hall–Kier alpha value is -15.4. The van der Waals surface area contributed by atoms with E-state index in [-0.39, 0.29) is 63.5 Å². The third kappa shape index (κ3) is 11.6. The average Bonchev–Trinajstić information content (AvgIpc) is 1.57. The van der Waals surface area contributed by atoms with Gasteiger partial charge in [0, 0.05) is 96.0 Å². The molecule has 0 atom stereocenters. The van der Waals surface area contributed by atoms with Crippen molar-refractivity contribution in [2.75, 3.05) is 7.11 Å². The van der Waals surface area contributed by atoms with Crippen LogP contribution in [0.1, 0.15) is 137 Å². The van der Waals surface area contributed by atoms with Crippen LogP contribution in [0.3, 0.4) is 0 Å². The molecule has 10 nitrogen and oxygen atoms in total. The van der Waals surface area contributed by atoms with Crippen molar-refractivity contribution in [2.45, 2.75) is 103 Å². The van der Waals surface area contributed by atoms with Crippen molar-refractivity contribution in [3.8, 4) is 101 Å². The van der Waals surface area contributed by atoms with E-state index in [9.17, 15) is 5.11 Å². The summed E-state index contributed by atoms with van der Waals surface area (Å²) in [5.41, 5.74) is 45.7. The number of H-pyrrole nitrogens is 1. The number of pyridine rings is 4. The van der Waals surface area contributed by atoms with Crippen LogP contribution in [-0.2, 0) is 33.7 Å². The summed E-state index contributed by atoms with van der Waals surface area (Å²) >= 11 is 0.